The molecule has 134 valence electrons. The normalized spacial score (nSPS) is 33.9. The second-order valence-electron chi connectivity index (χ2n) is 8.16. The largest absolute Gasteiger partial charge is 0.459 e. The number of esters is 2. The second-order valence-corrected chi connectivity index (χ2v) is 8.16. The molecule has 0 saturated heterocycles. The second kappa shape index (κ2) is 6.53. The van der Waals surface area contributed by atoms with Gasteiger partial charge in [-0.3, -0.25) is 4.79 Å². The van der Waals surface area contributed by atoms with Gasteiger partial charge in [0.1, 0.15) is 17.1 Å². The van der Waals surface area contributed by atoms with Crippen LogP contribution in [0.3, 0.4) is 0 Å². The monoisotopic (exact) mass is 334 g/mol. The van der Waals surface area contributed by atoms with Crippen LogP contribution in [0.5, 0.6) is 0 Å². The van der Waals surface area contributed by atoms with Crippen molar-refractivity contribution in [2.45, 2.75) is 89.8 Å². The molecule has 0 aromatic heterocycles. The third-order valence-corrected chi connectivity index (χ3v) is 6.54. The Morgan fingerprint density at radius 1 is 1.17 bits per heavy atom. The van der Waals surface area contributed by atoms with Gasteiger partial charge in [-0.25, -0.2) is 4.79 Å². The predicted molar refractivity (Wildman–Crippen MR) is 91.3 cm³/mol. The van der Waals surface area contributed by atoms with Gasteiger partial charge in [0, 0.05) is 5.57 Å². The molecule has 0 aromatic rings. The molecule has 24 heavy (non-hydrogen) atoms. The van der Waals surface area contributed by atoms with E-state index in [1.807, 2.05) is 0 Å². The van der Waals surface area contributed by atoms with Crippen LogP contribution in [0.15, 0.2) is 12.2 Å². The van der Waals surface area contributed by atoms with Gasteiger partial charge in [0.2, 0.25) is 0 Å². The molecule has 3 atom stereocenters. The van der Waals surface area contributed by atoms with Crippen molar-refractivity contribution in [3.8, 4) is 0 Å². The van der Waals surface area contributed by atoms with Crippen LogP contribution >= 0.6 is 0 Å². The zero-order valence-corrected chi connectivity index (χ0v) is 15.1. The zero-order valence-electron chi connectivity index (χ0n) is 15.1. The lowest BCUT2D eigenvalue weighted by atomic mass is 9.79. The summed E-state index contributed by atoms with van der Waals surface area (Å²) in [5, 5.41) is 0. The smallest absolute Gasteiger partial charge is 0.333 e. The number of hydrogen-bond acceptors (Lipinski definition) is 4. The standard InChI is InChI=1S/C20H30O4/c1-4-19(9-6-5-7-10-19)24-18(22)20-11-8-15(13-20)12-16(20)23-17(21)14(2)3/h15-16H,2,4-13H2,1,3H3. The number of fused-ring (bicyclic) bond motifs is 2. The van der Waals surface area contributed by atoms with Gasteiger partial charge in [-0.2, -0.15) is 0 Å². The van der Waals surface area contributed by atoms with Gasteiger partial charge in [0.15, 0.2) is 0 Å². The topological polar surface area (TPSA) is 52.6 Å². The van der Waals surface area contributed by atoms with Gasteiger partial charge < -0.3 is 9.47 Å². The molecule has 4 heteroatoms. The van der Waals surface area contributed by atoms with Crippen LogP contribution < -0.4 is 0 Å². The lowest BCUT2D eigenvalue weighted by Crippen LogP contribution is -2.47. The first-order valence-corrected chi connectivity index (χ1v) is 9.51. The molecular formula is C20H30O4. The molecular weight excluding hydrogens is 304 g/mol. The Morgan fingerprint density at radius 2 is 1.88 bits per heavy atom. The zero-order chi connectivity index (χ0) is 17.4. The van der Waals surface area contributed by atoms with E-state index in [2.05, 4.69) is 13.5 Å². The highest BCUT2D eigenvalue weighted by molar-refractivity contribution is 5.88. The molecule has 0 amide bonds. The van der Waals surface area contributed by atoms with Crippen molar-refractivity contribution < 1.29 is 19.1 Å². The van der Waals surface area contributed by atoms with Crippen molar-refractivity contribution in [1.82, 2.24) is 0 Å². The SMILES string of the molecule is C=C(C)C(=O)OC1CC2CCC1(C(=O)OC1(CC)CCCCC1)C2. The van der Waals surface area contributed by atoms with Gasteiger partial charge in [-0.05, 0) is 70.6 Å². The summed E-state index contributed by atoms with van der Waals surface area (Å²) >= 11 is 0. The van der Waals surface area contributed by atoms with Gasteiger partial charge in [0.25, 0.3) is 0 Å². The van der Waals surface area contributed by atoms with Crippen molar-refractivity contribution in [1.29, 1.82) is 0 Å². The lowest BCUT2D eigenvalue weighted by molar-refractivity contribution is -0.185. The summed E-state index contributed by atoms with van der Waals surface area (Å²) in [6, 6.07) is 0. The highest BCUT2D eigenvalue weighted by atomic mass is 16.6. The molecule has 3 rings (SSSR count). The fourth-order valence-electron chi connectivity index (χ4n) is 4.93. The summed E-state index contributed by atoms with van der Waals surface area (Å²) in [6.45, 7) is 7.41. The highest BCUT2D eigenvalue weighted by Gasteiger charge is 2.60. The first-order chi connectivity index (χ1) is 11.4. The Morgan fingerprint density at radius 3 is 2.46 bits per heavy atom. The van der Waals surface area contributed by atoms with Crippen molar-refractivity contribution in [3.63, 3.8) is 0 Å². The van der Waals surface area contributed by atoms with E-state index in [0.29, 0.717) is 11.5 Å². The van der Waals surface area contributed by atoms with Crippen LogP contribution in [0.2, 0.25) is 0 Å². The molecule has 0 spiro atoms. The van der Waals surface area contributed by atoms with E-state index in [4.69, 9.17) is 9.47 Å². The average Bonchev–Trinajstić information content (AvgIpc) is 3.15. The maximum atomic E-state index is 13.2. The summed E-state index contributed by atoms with van der Waals surface area (Å²) in [7, 11) is 0. The molecule has 3 aliphatic carbocycles. The summed E-state index contributed by atoms with van der Waals surface area (Å²) in [5.74, 6) is -0.0298. The fourth-order valence-corrected chi connectivity index (χ4v) is 4.93. The van der Waals surface area contributed by atoms with Crippen molar-refractivity contribution >= 4 is 11.9 Å². The third-order valence-electron chi connectivity index (χ3n) is 6.54. The molecule has 2 bridgehead atoms. The van der Waals surface area contributed by atoms with E-state index >= 15 is 0 Å². The number of carbonyl (C=O) groups excluding carboxylic acids is 2. The minimum absolute atomic E-state index is 0.120. The Kier molecular flexibility index (Phi) is 4.76. The van der Waals surface area contributed by atoms with E-state index in [9.17, 15) is 9.59 Å². The van der Waals surface area contributed by atoms with E-state index in [0.717, 1.165) is 57.8 Å². The molecule has 0 radical (unpaired) electrons. The Balaban J connectivity index is 1.75. The van der Waals surface area contributed by atoms with Crippen molar-refractivity contribution in [2.24, 2.45) is 11.3 Å². The Hall–Kier alpha value is -1.32. The van der Waals surface area contributed by atoms with Crippen LogP contribution in [0.1, 0.15) is 78.1 Å². The first kappa shape index (κ1) is 17.5. The van der Waals surface area contributed by atoms with E-state index in [1.54, 1.807) is 6.92 Å². The fraction of sp³-hybridized carbons (Fsp3) is 0.800. The van der Waals surface area contributed by atoms with Crippen LogP contribution in [0.4, 0.5) is 0 Å². The molecule has 0 aliphatic heterocycles. The summed E-state index contributed by atoms with van der Waals surface area (Å²) < 4.78 is 11.8. The molecule has 0 aromatic carbocycles. The van der Waals surface area contributed by atoms with Crippen LogP contribution in [-0.2, 0) is 19.1 Å². The summed E-state index contributed by atoms with van der Waals surface area (Å²) in [5.41, 5.74) is -0.526. The maximum Gasteiger partial charge on any atom is 0.333 e. The Bertz CT molecular complexity index is 532. The van der Waals surface area contributed by atoms with E-state index < -0.39 is 5.41 Å². The minimum atomic E-state index is -0.616. The molecule has 3 fully saturated rings. The van der Waals surface area contributed by atoms with Gasteiger partial charge >= 0.3 is 11.9 Å². The predicted octanol–water partition coefficient (Wildman–Crippen LogP) is 4.32. The number of carbonyl (C=O) groups is 2. The minimum Gasteiger partial charge on any atom is -0.459 e. The van der Waals surface area contributed by atoms with Gasteiger partial charge in [-0.15, -0.1) is 0 Å². The summed E-state index contributed by atoms with van der Waals surface area (Å²) in [4.78, 5) is 25.2. The lowest BCUT2D eigenvalue weighted by Gasteiger charge is -2.40. The van der Waals surface area contributed by atoms with Gasteiger partial charge in [0.05, 0.1) is 0 Å². The van der Waals surface area contributed by atoms with E-state index in [-0.39, 0.29) is 23.6 Å². The maximum absolute atomic E-state index is 13.2. The van der Waals surface area contributed by atoms with Crippen molar-refractivity contribution in [3.05, 3.63) is 12.2 Å². The average molecular weight is 334 g/mol. The number of rotatable bonds is 5. The van der Waals surface area contributed by atoms with Crippen LogP contribution in [-0.4, -0.2) is 23.6 Å². The van der Waals surface area contributed by atoms with Crippen molar-refractivity contribution in [2.75, 3.05) is 0 Å². The quantitative estimate of drug-likeness (QED) is 0.555. The van der Waals surface area contributed by atoms with Crippen LogP contribution in [0.25, 0.3) is 0 Å². The summed E-state index contributed by atoms with van der Waals surface area (Å²) in [6.07, 6.45) is 9.35. The van der Waals surface area contributed by atoms with Crippen LogP contribution in [0, 0.1) is 11.3 Å². The molecule has 4 nitrogen and oxygen atoms in total. The Labute approximate surface area is 145 Å². The number of hydrogen-bond donors (Lipinski definition) is 0. The third kappa shape index (κ3) is 3.00. The van der Waals surface area contributed by atoms with E-state index in [1.165, 1.54) is 6.42 Å². The molecule has 3 unspecified atom stereocenters. The number of ether oxygens (including phenoxy) is 2. The molecule has 0 heterocycles. The molecule has 3 saturated carbocycles. The highest BCUT2D eigenvalue weighted by Crippen LogP contribution is 2.57. The first-order valence-electron chi connectivity index (χ1n) is 9.51. The van der Waals surface area contributed by atoms with Gasteiger partial charge in [-0.1, -0.05) is 19.9 Å². The molecule has 3 aliphatic rings. The molecule has 0 N–H and O–H groups in total.